The normalized spacial score (nSPS) is 12.4. The van der Waals surface area contributed by atoms with Gasteiger partial charge in [-0.25, -0.2) is 8.42 Å². The number of carbonyl (C=O) groups is 1. The van der Waals surface area contributed by atoms with Crippen LogP contribution in [0.5, 0.6) is 0 Å². The number of hydrogen-bond donors (Lipinski definition) is 1. The molecule has 3 aromatic rings. The number of amides is 1. The van der Waals surface area contributed by atoms with E-state index in [-0.39, 0.29) is 23.4 Å². The van der Waals surface area contributed by atoms with Crippen LogP contribution in [0.3, 0.4) is 0 Å². The average molecular weight is 479 g/mol. The van der Waals surface area contributed by atoms with Crippen LogP contribution in [-0.2, 0) is 14.8 Å². The lowest BCUT2D eigenvalue weighted by molar-refractivity contribution is -0.120. The predicted octanol–water partition coefficient (Wildman–Crippen LogP) is 5.89. The average Bonchev–Trinajstić information content (AvgIpc) is 2.82. The van der Waals surface area contributed by atoms with Crippen molar-refractivity contribution in [1.29, 1.82) is 0 Å². The van der Waals surface area contributed by atoms with Gasteiger partial charge in [0.1, 0.15) is 6.54 Å². The van der Waals surface area contributed by atoms with Crippen molar-refractivity contribution in [3.8, 4) is 0 Å². The number of carbonyl (C=O) groups excluding carboxylic acids is 1. The fraction of sp³-hybridized carbons (Fsp3) is 0.321. The molecule has 180 valence electrons. The van der Waals surface area contributed by atoms with Crippen LogP contribution in [-0.4, -0.2) is 20.9 Å². The second kappa shape index (κ2) is 10.9. The van der Waals surface area contributed by atoms with Crippen molar-refractivity contribution >= 4 is 21.6 Å². The minimum absolute atomic E-state index is 0.157. The molecule has 1 amide bonds. The molecule has 34 heavy (non-hydrogen) atoms. The zero-order valence-electron chi connectivity index (χ0n) is 20.6. The lowest BCUT2D eigenvalue weighted by atomic mass is 10.0. The van der Waals surface area contributed by atoms with Crippen LogP contribution < -0.4 is 9.62 Å². The highest BCUT2D eigenvalue weighted by Crippen LogP contribution is 2.26. The summed E-state index contributed by atoms with van der Waals surface area (Å²) in [4.78, 5) is 13.3. The summed E-state index contributed by atoms with van der Waals surface area (Å²) < 4.78 is 28.4. The Morgan fingerprint density at radius 1 is 0.824 bits per heavy atom. The lowest BCUT2D eigenvalue weighted by Gasteiger charge is -2.26. The number of benzene rings is 3. The molecule has 0 aliphatic carbocycles. The number of aryl methyl sites for hydroxylation is 2. The number of anilines is 1. The number of nitrogens with zero attached hydrogens (tertiary/aromatic N) is 1. The molecular formula is C28H34N2O3S. The van der Waals surface area contributed by atoms with E-state index >= 15 is 0 Å². The Kier molecular flexibility index (Phi) is 8.15. The largest absolute Gasteiger partial charge is 0.348 e. The molecule has 0 spiro atoms. The maximum absolute atomic E-state index is 13.6. The molecule has 1 atom stereocenters. The molecule has 6 heteroatoms. The van der Waals surface area contributed by atoms with Crippen LogP contribution in [0.25, 0.3) is 0 Å². The van der Waals surface area contributed by atoms with Gasteiger partial charge in [0.05, 0.1) is 16.6 Å². The molecule has 0 fully saturated rings. The maximum atomic E-state index is 13.6. The van der Waals surface area contributed by atoms with Crippen LogP contribution in [0, 0.1) is 13.8 Å². The van der Waals surface area contributed by atoms with E-state index in [9.17, 15) is 13.2 Å². The van der Waals surface area contributed by atoms with Crippen LogP contribution in [0.15, 0.2) is 77.7 Å². The second-order valence-corrected chi connectivity index (χ2v) is 10.9. The molecule has 0 aliphatic heterocycles. The van der Waals surface area contributed by atoms with E-state index < -0.39 is 10.0 Å². The smallest absolute Gasteiger partial charge is 0.264 e. The van der Waals surface area contributed by atoms with Gasteiger partial charge in [0.2, 0.25) is 5.91 Å². The van der Waals surface area contributed by atoms with Gasteiger partial charge in [0, 0.05) is 0 Å². The maximum Gasteiger partial charge on any atom is 0.264 e. The first-order valence-corrected chi connectivity index (χ1v) is 13.1. The zero-order chi connectivity index (χ0) is 24.9. The van der Waals surface area contributed by atoms with Gasteiger partial charge in [0.15, 0.2) is 0 Å². The summed E-state index contributed by atoms with van der Waals surface area (Å²) in [5, 5.41) is 3.02. The topological polar surface area (TPSA) is 66.5 Å². The quantitative estimate of drug-likeness (QED) is 0.417. The van der Waals surface area contributed by atoms with Crippen molar-refractivity contribution in [2.75, 3.05) is 10.8 Å². The Bertz CT molecular complexity index is 1200. The van der Waals surface area contributed by atoms with Crippen molar-refractivity contribution in [1.82, 2.24) is 5.32 Å². The van der Waals surface area contributed by atoms with E-state index in [0.29, 0.717) is 18.0 Å². The Hall–Kier alpha value is -3.12. The molecule has 0 aliphatic rings. The Balaban J connectivity index is 1.92. The molecule has 0 heterocycles. The van der Waals surface area contributed by atoms with Crippen molar-refractivity contribution in [2.24, 2.45) is 0 Å². The third-order valence-electron chi connectivity index (χ3n) is 5.97. The number of nitrogens with one attached hydrogen (secondary N) is 1. The molecule has 0 radical (unpaired) electrons. The van der Waals surface area contributed by atoms with Gasteiger partial charge >= 0.3 is 0 Å². The van der Waals surface area contributed by atoms with Gasteiger partial charge in [0.25, 0.3) is 10.0 Å². The molecule has 3 aromatic carbocycles. The number of rotatable bonds is 9. The van der Waals surface area contributed by atoms with Crippen molar-refractivity contribution in [2.45, 2.75) is 57.9 Å². The molecule has 0 saturated carbocycles. The van der Waals surface area contributed by atoms with Crippen molar-refractivity contribution in [3.63, 3.8) is 0 Å². The summed E-state index contributed by atoms with van der Waals surface area (Å²) in [6.07, 6.45) is 0.697. The highest BCUT2D eigenvalue weighted by molar-refractivity contribution is 7.92. The van der Waals surface area contributed by atoms with Crippen LogP contribution in [0.1, 0.15) is 61.4 Å². The Morgan fingerprint density at radius 3 is 1.82 bits per heavy atom. The van der Waals surface area contributed by atoms with Crippen LogP contribution in [0.4, 0.5) is 5.69 Å². The van der Waals surface area contributed by atoms with Crippen molar-refractivity contribution in [3.05, 3.63) is 95.1 Å². The van der Waals surface area contributed by atoms with Gasteiger partial charge in [-0.1, -0.05) is 80.4 Å². The standard InChI is InChI=1S/C28H34N2O3S/c1-6-27(24-11-7-21(4)8-12-24)29-28(31)19-30(25-15-13-23(14-16-25)20(2)3)34(32,33)26-17-9-22(5)10-18-26/h7-18,20,27H,6,19H2,1-5H3,(H,29,31). The van der Waals surface area contributed by atoms with E-state index in [1.54, 1.807) is 36.4 Å². The van der Waals surface area contributed by atoms with E-state index in [4.69, 9.17) is 0 Å². The monoisotopic (exact) mass is 478 g/mol. The summed E-state index contributed by atoms with van der Waals surface area (Å²) in [7, 11) is -3.94. The number of sulfonamides is 1. The first-order valence-electron chi connectivity index (χ1n) is 11.7. The molecule has 3 rings (SSSR count). The third-order valence-corrected chi connectivity index (χ3v) is 7.76. The van der Waals surface area contributed by atoms with Gasteiger partial charge in [-0.15, -0.1) is 0 Å². The Labute approximate surface area is 203 Å². The fourth-order valence-corrected chi connectivity index (χ4v) is 5.19. The summed E-state index contributed by atoms with van der Waals surface area (Å²) in [6.45, 7) is 9.78. The predicted molar refractivity (Wildman–Crippen MR) is 139 cm³/mol. The minimum atomic E-state index is -3.94. The molecule has 0 aromatic heterocycles. The molecule has 5 nitrogen and oxygen atoms in total. The van der Waals surface area contributed by atoms with Crippen LogP contribution >= 0.6 is 0 Å². The van der Waals surface area contributed by atoms with Crippen molar-refractivity contribution < 1.29 is 13.2 Å². The molecule has 1 unspecified atom stereocenters. The van der Waals surface area contributed by atoms with E-state index in [1.807, 2.05) is 57.2 Å². The fourth-order valence-electron chi connectivity index (χ4n) is 3.77. The van der Waals surface area contributed by atoms with Gasteiger partial charge in [-0.2, -0.15) is 0 Å². The molecule has 0 saturated heterocycles. The highest BCUT2D eigenvalue weighted by Gasteiger charge is 2.28. The SMILES string of the molecule is CCC(NC(=O)CN(c1ccc(C(C)C)cc1)S(=O)(=O)c1ccc(C)cc1)c1ccc(C)cc1. The van der Waals surface area contributed by atoms with Gasteiger partial charge in [-0.05, 0) is 61.6 Å². The molecule has 0 bridgehead atoms. The molecular weight excluding hydrogens is 444 g/mol. The highest BCUT2D eigenvalue weighted by atomic mass is 32.2. The number of hydrogen-bond acceptors (Lipinski definition) is 3. The lowest BCUT2D eigenvalue weighted by Crippen LogP contribution is -2.42. The van der Waals surface area contributed by atoms with Gasteiger partial charge in [-0.3, -0.25) is 9.10 Å². The van der Waals surface area contributed by atoms with E-state index in [0.717, 1.165) is 22.3 Å². The summed E-state index contributed by atoms with van der Waals surface area (Å²) in [6, 6.07) is 21.9. The van der Waals surface area contributed by atoms with E-state index in [2.05, 4.69) is 19.2 Å². The first kappa shape index (κ1) is 25.5. The summed E-state index contributed by atoms with van der Waals surface area (Å²) in [5.41, 5.74) is 4.67. The Morgan fingerprint density at radius 2 is 1.32 bits per heavy atom. The summed E-state index contributed by atoms with van der Waals surface area (Å²) in [5.74, 6) is -0.0321. The van der Waals surface area contributed by atoms with Crippen LogP contribution in [0.2, 0.25) is 0 Å². The second-order valence-electron chi connectivity index (χ2n) is 9.01. The summed E-state index contributed by atoms with van der Waals surface area (Å²) >= 11 is 0. The zero-order valence-corrected chi connectivity index (χ0v) is 21.4. The van der Waals surface area contributed by atoms with E-state index in [1.165, 1.54) is 4.31 Å². The first-order chi connectivity index (χ1) is 16.1. The van der Waals surface area contributed by atoms with Gasteiger partial charge < -0.3 is 5.32 Å². The minimum Gasteiger partial charge on any atom is -0.348 e. The third kappa shape index (κ3) is 6.06. The molecule has 1 N–H and O–H groups in total.